The molecule has 5 rings (SSSR count). The number of hydrogen-bond donors (Lipinski definition) is 1. The smallest absolute Gasteiger partial charge is 0.229 e. The number of piperazine rings is 1. The van der Waals surface area contributed by atoms with Gasteiger partial charge in [-0.3, -0.25) is 9.30 Å². The first kappa shape index (κ1) is 21.4. The Morgan fingerprint density at radius 1 is 0.970 bits per heavy atom. The fourth-order valence-electron chi connectivity index (χ4n) is 4.00. The minimum atomic E-state index is -0.503. The van der Waals surface area contributed by atoms with Crippen molar-refractivity contribution < 1.29 is 4.39 Å². The van der Waals surface area contributed by atoms with Gasteiger partial charge in [0, 0.05) is 50.7 Å². The third-order valence-corrected chi connectivity index (χ3v) is 5.97. The largest absolute Gasteiger partial charge is 0.309 e. The number of halogens is 1. The summed E-state index contributed by atoms with van der Waals surface area (Å²) in [6.45, 7) is 10.4. The van der Waals surface area contributed by atoms with Gasteiger partial charge in [-0.25, -0.2) is 19.3 Å². The highest BCUT2D eigenvalue weighted by molar-refractivity contribution is 5.63. The van der Waals surface area contributed by atoms with E-state index < -0.39 is 5.82 Å². The standard InChI is InChI=1S/C23H26FN9/c1-3-31-8-10-32(11-9-31)14-17-4-6-20(25-12-17)27-23-26-13-19(24)22(28-23)18-5-7-21-30-29-16(2)33(21)15-18/h4-7,12-13,15H,3,8-11,14H2,1-2H3,(H,25,26,27,28). The molecule has 0 amide bonds. The van der Waals surface area contributed by atoms with Crippen molar-refractivity contribution in [2.75, 3.05) is 38.0 Å². The van der Waals surface area contributed by atoms with E-state index in [1.54, 1.807) is 22.7 Å². The number of aromatic nitrogens is 6. The SMILES string of the molecule is CCN1CCN(Cc2ccc(Nc3ncc(F)c(-c4ccc5nnc(C)n5c4)n3)nc2)CC1. The summed E-state index contributed by atoms with van der Waals surface area (Å²) in [6.07, 6.45) is 4.80. The first-order valence-electron chi connectivity index (χ1n) is 11.1. The molecule has 0 spiro atoms. The molecule has 33 heavy (non-hydrogen) atoms. The van der Waals surface area contributed by atoms with Crippen LogP contribution >= 0.6 is 0 Å². The number of pyridine rings is 2. The zero-order chi connectivity index (χ0) is 22.8. The van der Waals surface area contributed by atoms with Crippen LogP contribution in [0.2, 0.25) is 0 Å². The van der Waals surface area contributed by atoms with Crippen molar-refractivity contribution in [3.63, 3.8) is 0 Å². The second-order valence-electron chi connectivity index (χ2n) is 8.17. The third-order valence-electron chi connectivity index (χ3n) is 5.97. The Morgan fingerprint density at radius 2 is 1.79 bits per heavy atom. The predicted molar refractivity (Wildman–Crippen MR) is 124 cm³/mol. The molecule has 5 heterocycles. The van der Waals surface area contributed by atoms with Crippen LogP contribution in [0.25, 0.3) is 16.9 Å². The second kappa shape index (κ2) is 9.16. The van der Waals surface area contributed by atoms with E-state index in [4.69, 9.17) is 0 Å². The monoisotopic (exact) mass is 447 g/mol. The van der Waals surface area contributed by atoms with Crippen LogP contribution in [0.1, 0.15) is 18.3 Å². The topological polar surface area (TPSA) is 87.4 Å². The molecule has 1 N–H and O–H groups in total. The van der Waals surface area contributed by atoms with Crippen molar-refractivity contribution in [1.82, 2.24) is 39.3 Å². The molecule has 9 nitrogen and oxygen atoms in total. The summed E-state index contributed by atoms with van der Waals surface area (Å²) >= 11 is 0. The number of likely N-dealkylation sites (N-methyl/N-ethyl adjacent to an activating group) is 1. The summed E-state index contributed by atoms with van der Waals surface area (Å²) in [7, 11) is 0. The quantitative estimate of drug-likeness (QED) is 0.483. The van der Waals surface area contributed by atoms with E-state index in [2.05, 4.69) is 53.3 Å². The van der Waals surface area contributed by atoms with E-state index in [0.29, 0.717) is 17.0 Å². The van der Waals surface area contributed by atoms with Crippen LogP contribution < -0.4 is 5.32 Å². The predicted octanol–water partition coefficient (Wildman–Crippen LogP) is 2.91. The van der Waals surface area contributed by atoms with Crippen LogP contribution in [-0.2, 0) is 6.54 Å². The summed E-state index contributed by atoms with van der Waals surface area (Å²) in [4.78, 5) is 17.9. The van der Waals surface area contributed by atoms with E-state index in [9.17, 15) is 4.39 Å². The van der Waals surface area contributed by atoms with E-state index >= 15 is 0 Å². The highest BCUT2D eigenvalue weighted by Crippen LogP contribution is 2.23. The van der Waals surface area contributed by atoms with Gasteiger partial charge in [0.2, 0.25) is 5.95 Å². The normalized spacial score (nSPS) is 15.2. The minimum Gasteiger partial charge on any atom is -0.309 e. The van der Waals surface area contributed by atoms with E-state index in [1.165, 1.54) is 0 Å². The van der Waals surface area contributed by atoms with Gasteiger partial charge in [0.25, 0.3) is 0 Å². The van der Waals surface area contributed by atoms with Gasteiger partial charge < -0.3 is 10.2 Å². The molecule has 0 aliphatic carbocycles. The van der Waals surface area contributed by atoms with E-state index in [0.717, 1.165) is 56.9 Å². The molecule has 4 aromatic heterocycles. The lowest BCUT2D eigenvalue weighted by Gasteiger charge is -2.33. The van der Waals surface area contributed by atoms with E-state index in [1.807, 2.05) is 19.2 Å². The fourth-order valence-corrected chi connectivity index (χ4v) is 4.00. The Balaban J connectivity index is 1.29. The zero-order valence-corrected chi connectivity index (χ0v) is 18.7. The summed E-state index contributed by atoms with van der Waals surface area (Å²) < 4.78 is 16.3. The van der Waals surface area contributed by atoms with Gasteiger partial charge in [0.15, 0.2) is 11.5 Å². The maximum atomic E-state index is 14.5. The molecule has 0 aromatic carbocycles. The van der Waals surface area contributed by atoms with Crippen LogP contribution in [0.3, 0.4) is 0 Å². The third kappa shape index (κ3) is 4.67. The van der Waals surface area contributed by atoms with Crippen LogP contribution in [0.15, 0.2) is 42.9 Å². The van der Waals surface area contributed by atoms with E-state index in [-0.39, 0.29) is 11.6 Å². The maximum Gasteiger partial charge on any atom is 0.229 e. The Morgan fingerprint density at radius 3 is 2.55 bits per heavy atom. The molecule has 0 atom stereocenters. The molecule has 170 valence electrons. The molecular formula is C23H26FN9. The van der Waals surface area contributed by atoms with Gasteiger partial charge >= 0.3 is 0 Å². The lowest BCUT2D eigenvalue weighted by Crippen LogP contribution is -2.45. The van der Waals surface area contributed by atoms with Crippen LogP contribution in [0.5, 0.6) is 0 Å². The Bertz CT molecular complexity index is 1250. The number of rotatable bonds is 6. The van der Waals surface area contributed by atoms with Crippen molar-refractivity contribution in [2.24, 2.45) is 0 Å². The van der Waals surface area contributed by atoms with Crippen LogP contribution in [0.4, 0.5) is 16.2 Å². The molecule has 0 radical (unpaired) electrons. The minimum absolute atomic E-state index is 0.199. The molecule has 1 aliphatic heterocycles. The Labute approximate surface area is 191 Å². The van der Waals surface area contributed by atoms with Crippen LogP contribution in [0, 0.1) is 12.7 Å². The highest BCUT2D eigenvalue weighted by atomic mass is 19.1. The lowest BCUT2D eigenvalue weighted by molar-refractivity contribution is 0.132. The molecule has 1 aliphatic rings. The highest BCUT2D eigenvalue weighted by Gasteiger charge is 2.16. The van der Waals surface area contributed by atoms with Crippen molar-refractivity contribution in [1.29, 1.82) is 0 Å². The maximum absolute atomic E-state index is 14.5. The van der Waals surface area contributed by atoms with Crippen LogP contribution in [-0.4, -0.2) is 72.1 Å². The van der Waals surface area contributed by atoms with Gasteiger partial charge in [0.1, 0.15) is 17.3 Å². The molecule has 10 heteroatoms. The summed E-state index contributed by atoms with van der Waals surface area (Å²) in [5, 5.41) is 11.2. The Hall–Kier alpha value is -3.50. The molecular weight excluding hydrogens is 421 g/mol. The first-order valence-corrected chi connectivity index (χ1v) is 11.1. The first-order chi connectivity index (χ1) is 16.1. The van der Waals surface area contributed by atoms with Crippen molar-refractivity contribution >= 4 is 17.4 Å². The number of hydrogen-bond acceptors (Lipinski definition) is 8. The summed E-state index contributed by atoms with van der Waals surface area (Å²) in [5.41, 5.74) is 2.66. The molecule has 1 saturated heterocycles. The lowest BCUT2D eigenvalue weighted by atomic mass is 10.2. The second-order valence-corrected chi connectivity index (χ2v) is 8.17. The molecule has 1 fully saturated rings. The molecule has 0 unspecified atom stereocenters. The van der Waals surface area contributed by atoms with Crippen molar-refractivity contribution in [3.8, 4) is 11.3 Å². The molecule has 0 saturated carbocycles. The van der Waals surface area contributed by atoms with Gasteiger partial charge in [-0.1, -0.05) is 13.0 Å². The molecule has 0 bridgehead atoms. The molecule has 4 aromatic rings. The number of aryl methyl sites for hydroxylation is 1. The number of fused-ring (bicyclic) bond motifs is 1. The summed E-state index contributed by atoms with van der Waals surface area (Å²) in [5.74, 6) is 1.11. The van der Waals surface area contributed by atoms with Gasteiger partial charge in [0.05, 0.1) is 6.20 Å². The number of anilines is 2. The number of nitrogens with one attached hydrogen (secondary N) is 1. The van der Waals surface area contributed by atoms with Gasteiger partial charge in [-0.2, -0.15) is 0 Å². The van der Waals surface area contributed by atoms with Crippen molar-refractivity contribution in [3.05, 3.63) is 60.1 Å². The fraction of sp³-hybridized carbons (Fsp3) is 0.348. The average molecular weight is 448 g/mol. The van der Waals surface area contributed by atoms with Gasteiger partial charge in [-0.05, 0) is 37.2 Å². The zero-order valence-electron chi connectivity index (χ0n) is 18.7. The summed E-state index contributed by atoms with van der Waals surface area (Å²) in [6, 6.07) is 7.50. The van der Waals surface area contributed by atoms with Crippen molar-refractivity contribution in [2.45, 2.75) is 20.4 Å². The average Bonchev–Trinajstić information content (AvgIpc) is 3.22. The Kier molecular flexibility index (Phi) is 5.93. The van der Waals surface area contributed by atoms with Gasteiger partial charge in [-0.15, -0.1) is 10.2 Å². The number of nitrogens with zero attached hydrogens (tertiary/aromatic N) is 8.